The van der Waals surface area contributed by atoms with Crippen LogP contribution in [0.4, 0.5) is 0 Å². The quantitative estimate of drug-likeness (QED) is 0.283. The summed E-state index contributed by atoms with van der Waals surface area (Å²) in [7, 11) is 1.58. The molecule has 0 radical (unpaired) electrons. The molecule has 10 nitrogen and oxygen atoms in total. The number of aromatic nitrogens is 4. The first kappa shape index (κ1) is 30.1. The van der Waals surface area contributed by atoms with Crippen LogP contribution in [0.15, 0.2) is 12.1 Å². The van der Waals surface area contributed by atoms with Crippen LogP contribution in [0.25, 0.3) is 5.65 Å². The number of carbonyl (C=O) groups is 1. The van der Waals surface area contributed by atoms with Crippen LogP contribution < -0.4 is 19.8 Å². The van der Waals surface area contributed by atoms with Gasteiger partial charge in [-0.3, -0.25) is 10.2 Å². The monoisotopic (exact) mass is 535 g/mol. The summed E-state index contributed by atoms with van der Waals surface area (Å²) in [4.78, 5) is 13.4. The van der Waals surface area contributed by atoms with Gasteiger partial charge >= 0.3 is 0 Å². The summed E-state index contributed by atoms with van der Waals surface area (Å²) in [6.07, 6.45) is 1.30. The third-order valence-electron chi connectivity index (χ3n) is 6.04. The lowest BCUT2D eigenvalue weighted by molar-refractivity contribution is 0.0964. The second-order valence-corrected chi connectivity index (χ2v) is 9.71. The van der Waals surface area contributed by atoms with Gasteiger partial charge in [0, 0.05) is 28.9 Å². The number of aryl methyl sites for hydroxylation is 1. The number of unbranched alkanes of at least 4 members (excludes halogenated alkanes) is 1. The van der Waals surface area contributed by atoms with Gasteiger partial charge in [-0.05, 0) is 51.2 Å². The molecule has 0 unspecified atom stereocenters. The SMILES string of the molecule is CCOc1nn2c(=N)n(CC(=O)c3cc(OCCCCO)c(OC)c(C(C)(C)C)c3)nc2c(C)c1C.Cl. The van der Waals surface area contributed by atoms with E-state index in [4.69, 9.17) is 24.7 Å². The van der Waals surface area contributed by atoms with Gasteiger partial charge in [0.05, 0.1) is 20.3 Å². The zero-order chi connectivity index (χ0) is 26.6. The molecule has 0 aliphatic rings. The third kappa shape index (κ3) is 6.42. The Morgan fingerprint density at radius 2 is 1.81 bits per heavy atom. The highest BCUT2D eigenvalue weighted by Gasteiger charge is 2.25. The van der Waals surface area contributed by atoms with Gasteiger partial charge in [0.2, 0.25) is 11.5 Å². The zero-order valence-electron chi connectivity index (χ0n) is 22.7. The van der Waals surface area contributed by atoms with Crippen molar-refractivity contribution < 1.29 is 24.1 Å². The molecular weight excluding hydrogens is 498 g/mol. The molecule has 2 N–H and O–H groups in total. The minimum atomic E-state index is -0.310. The van der Waals surface area contributed by atoms with Gasteiger partial charge in [0.15, 0.2) is 22.9 Å². The van der Waals surface area contributed by atoms with Crippen molar-refractivity contribution in [2.24, 2.45) is 0 Å². The van der Waals surface area contributed by atoms with Crippen LogP contribution >= 0.6 is 12.4 Å². The lowest BCUT2D eigenvalue weighted by atomic mass is 9.84. The molecule has 1 aromatic carbocycles. The van der Waals surface area contributed by atoms with Crippen LogP contribution in [0, 0.1) is 19.3 Å². The van der Waals surface area contributed by atoms with Crippen molar-refractivity contribution in [2.45, 2.75) is 66.3 Å². The van der Waals surface area contributed by atoms with E-state index in [1.54, 1.807) is 13.2 Å². The topological polar surface area (TPSA) is 124 Å². The number of hydrogen-bond donors (Lipinski definition) is 2. The number of ketones is 1. The number of fused-ring (bicyclic) bond motifs is 1. The first-order chi connectivity index (χ1) is 17.0. The number of halogens is 1. The maximum Gasteiger partial charge on any atom is 0.242 e. The fraction of sp³-hybridized carbons (Fsp3) is 0.538. The summed E-state index contributed by atoms with van der Waals surface area (Å²) in [6.45, 7) is 12.6. The Bertz CT molecular complexity index is 1310. The predicted molar refractivity (Wildman–Crippen MR) is 143 cm³/mol. The molecule has 2 heterocycles. The molecule has 0 spiro atoms. The smallest absolute Gasteiger partial charge is 0.242 e. The second kappa shape index (κ2) is 12.4. The molecule has 37 heavy (non-hydrogen) atoms. The van der Waals surface area contributed by atoms with Gasteiger partial charge in [-0.2, -0.15) is 4.52 Å². The molecule has 0 saturated heterocycles. The highest BCUT2D eigenvalue weighted by molar-refractivity contribution is 5.97. The number of nitrogens with zero attached hydrogens (tertiary/aromatic N) is 4. The summed E-state index contributed by atoms with van der Waals surface area (Å²) in [5.41, 5.74) is 3.15. The molecule has 0 saturated carbocycles. The van der Waals surface area contributed by atoms with Crippen LogP contribution in [0.2, 0.25) is 0 Å². The number of methoxy groups -OCH3 is 1. The maximum absolute atomic E-state index is 13.4. The normalized spacial score (nSPS) is 11.4. The average Bonchev–Trinajstić information content (AvgIpc) is 3.14. The first-order valence-corrected chi connectivity index (χ1v) is 12.2. The molecule has 0 fully saturated rings. The van der Waals surface area contributed by atoms with E-state index in [-0.39, 0.29) is 42.4 Å². The molecule has 3 rings (SSSR count). The van der Waals surface area contributed by atoms with Crippen LogP contribution in [0.1, 0.15) is 67.6 Å². The fourth-order valence-corrected chi connectivity index (χ4v) is 3.88. The van der Waals surface area contributed by atoms with Crippen LogP contribution in [0.5, 0.6) is 17.4 Å². The molecule has 0 aliphatic carbocycles. The summed E-state index contributed by atoms with van der Waals surface area (Å²) < 4.78 is 20.0. The Kier molecular flexibility index (Phi) is 10.1. The number of Topliss-reactive ketones (excluding diaryl/α,β-unsaturated/α-hetero) is 1. The van der Waals surface area contributed by atoms with E-state index in [9.17, 15) is 4.79 Å². The van der Waals surface area contributed by atoms with E-state index in [0.717, 1.165) is 16.7 Å². The standard InChI is InChI=1S/C26H37N5O5.ClH/c1-8-35-24-17(3)16(2)23-28-30(25(27)31(23)29-24)15-20(33)18-13-19(26(4,5)6)22(34-7)21(14-18)36-12-10-9-11-32;/h13-14,27,32H,8-12,15H2,1-7H3;1H. The summed E-state index contributed by atoms with van der Waals surface area (Å²) in [6, 6.07) is 3.50. The van der Waals surface area contributed by atoms with Crippen molar-refractivity contribution in [2.75, 3.05) is 26.9 Å². The molecule has 3 aromatic rings. The van der Waals surface area contributed by atoms with E-state index in [1.165, 1.54) is 9.20 Å². The number of nitrogens with one attached hydrogen (secondary N) is 1. The Morgan fingerprint density at radius 1 is 1.11 bits per heavy atom. The van der Waals surface area contributed by atoms with Crippen LogP contribution in [-0.2, 0) is 12.0 Å². The Balaban J connectivity index is 0.00000481. The second-order valence-electron chi connectivity index (χ2n) is 9.71. The number of carbonyl (C=O) groups excluding carboxylic acids is 1. The van der Waals surface area contributed by atoms with Gasteiger partial charge in [-0.25, -0.2) is 4.68 Å². The maximum atomic E-state index is 13.4. The van der Waals surface area contributed by atoms with E-state index in [0.29, 0.717) is 54.6 Å². The average molecular weight is 536 g/mol. The lowest BCUT2D eigenvalue weighted by Crippen LogP contribution is -2.27. The van der Waals surface area contributed by atoms with E-state index >= 15 is 0 Å². The number of rotatable bonds is 11. The number of aliphatic hydroxyl groups is 1. The van der Waals surface area contributed by atoms with Gasteiger partial charge < -0.3 is 19.3 Å². The van der Waals surface area contributed by atoms with Crippen molar-refractivity contribution in [1.82, 2.24) is 19.4 Å². The summed E-state index contributed by atoms with van der Waals surface area (Å²) in [5.74, 6) is 1.29. The third-order valence-corrected chi connectivity index (χ3v) is 6.04. The number of ether oxygens (including phenoxy) is 3. The highest BCUT2D eigenvalue weighted by atomic mass is 35.5. The van der Waals surface area contributed by atoms with Gasteiger partial charge in [0.25, 0.3) is 0 Å². The minimum Gasteiger partial charge on any atom is -0.493 e. The Labute approximate surface area is 223 Å². The van der Waals surface area contributed by atoms with Crippen molar-refractivity contribution in [3.05, 3.63) is 40.0 Å². The molecule has 2 aromatic heterocycles. The van der Waals surface area contributed by atoms with E-state index < -0.39 is 0 Å². The first-order valence-electron chi connectivity index (χ1n) is 12.2. The zero-order valence-corrected chi connectivity index (χ0v) is 23.5. The molecule has 11 heteroatoms. The van der Waals surface area contributed by atoms with Gasteiger partial charge in [-0.15, -0.1) is 22.6 Å². The molecule has 204 valence electrons. The van der Waals surface area contributed by atoms with Gasteiger partial charge in [-0.1, -0.05) is 20.8 Å². The molecule has 0 amide bonds. The van der Waals surface area contributed by atoms with Crippen LogP contribution in [-0.4, -0.2) is 57.2 Å². The van der Waals surface area contributed by atoms with E-state index in [1.807, 2.05) is 47.6 Å². The number of benzene rings is 1. The highest BCUT2D eigenvalue weighted by Crippen LogP contribution is 2.40. The predicted octanol–water partition coefficient (Wildman–Crippen LogP) is 3.79. The largest absolute Gasteiger partial charge is 0.493 e. The molecule has 0 aliphatic heterocycles. The minimum absolute atomic E-state index is 0. The van der Waals surface area contributed by atoms with Crippen molar-refractivity contribution in [3.8, 4) is 17.4 Å². The van der Waals surface area contributed by atoms with Crippen molar-refractivity contribution >= 4 is 23.8 Å². The number of hydrogen-bond acceptors (Lipinski definition) is 8. The van der Waals surface area contributed by atoms with Crippen molar-refractivity contribution in [3.63, 3.8) is 0 Å². The lowest BCUT2D eigenvalue weighted by Gasteiger charge is -2.25. The summed E-state index contributed by atoms with van der Waals surface area (Å²) >= 11 is 0. The fourth-order valence-electron chi connectivity index (χ4n) is 3.88. The number of aliphatic hydroxyl groups excluding tert-OH is 1. The van der Waals surface area contributed by atoms with Crippen LogP contribution in [0.3, 0.4) is 0 Å². The molecule has 0 bridgehead atoms. The van der Waals surface area contributed by atoms with Gasteiger partial charge in [0.1, 0.15) is 6.54 Å². The van der Waals surface area contributed by atoms with E-state index in [2.05, 4.69) is 10.2 Å². The summed E-state index contributed by atoms with van der Waals surface area (Å²) in [5, 5.41) is 26.6. The molecule has 0 atom stereocenters. The molecular formula is C26H38ClN5O5. The Hall–Kier alpha value is -3.11. The Morgan fingerprint density at radius 3 is 2.41 bits per heavy atom. The van der Waals surface area contributed by atoms with Crippen molar-refractivity contribution in [1.29, 1.82) is 5.41 Å².